The molecule has 5 heteroatoms. The number of aliphatic hydroxyl groups excluding tert-OH is 1. The topological polar surface area (TPSA) is 58.6 Å². The molecule has 0 aromatic heterocycles. The van der Waals surface area contributed by atoms with Gasteiger partial charge in [0, 0.05) is 17.4 Å². The van der Waals surface area contributed by atoms with Gasteiger partial charge in [-0.15, -0.1) is 11.8 Å². The van der Waals surface area contributed by atoms with Crippen molar-refractivity contribution in [3.63, 3.8) is 0 Å². The van der Waals surface area contributed by atoms with E-state index in [1.165, 1.54) is 11.8 Å². The molecule has 0 heterocycles. The Morgan fingerprint density at radius 1 is 1.50 bits per heavy atom. The number of carbonyl (C=O) groups is 1. The Hall–Kier alpha value is -1.20. The number of thioether (sulfide) groups is 1. The highest BCUT2D eigenvalue weighted by atomic mass is 32.2. The summed E-state index contributed by atoms with van der Waals surface area (Å²) >= 11 is 1.44. The maximum Gasteiger partial charge on any atom is 0.230 e. The highest BCUT2D eigenvalue weighted by molar-refractivity contribution is 8.00. The third-order valence-electron chi connectivity index (χ3n) is 2.42. The summed E-state index contributed by atoms with van der Waals surface area (Å²) in [6.45, 7) is 2.43. The van der Waals surface area contributed by atoms with Crippen LogP contribution in [0.15, 0.2) is 24.3 Å². The van der Waals surface area contributed by atoms with E-state index in [-0.39, 0.29) is 17.8 Å². The average Bonchev–Trinajstić information content (AvgIpc) is 2.42. The number of carbonyl (C=O) groups excluding carboxylic acids is 1. The molecule has 1 aromatic carbocycles. The van der Waals surface area contributed by atoms with Crippen molar-refractivity contribution in [2.45, 2.75) is 18.7 Å². The van der Waals surface area contributed by atoms with E-state index in [1.807, 2.05) is 31.2 Å². The van der Waals surface area contributed by atoms with Gasteiger partial charge in [0.25, 0.3) is 0 Å². The predicted octanol–water partition coefficient (Wildman–Crippen LogP) is 1.43. The molecule has 1 rings (SSSR count). The van der Waals surface area contributed by atoms with Crippen LogP contribution in [-0.4, -0.2) is 35.7 Å². The van der Waals surface area contributed by atoms with Crippen LogP contribution in [0.25, 0.3) is 0 Å². The molecule has 0 saturated heterocycles. The number of methoxy groups -OCH3 is 1. The number of amides is 1. The zero-order chi connectivity index (χ0) is 13.4. The molecule has 0 bridgehead atoms. The number of ether oxygens (including phenoxy) is 1. The lowest BCUT2D eigenvalue weighted by Crippen LogP contribution is -2.25. The van der Waals surface area contributed by atoms with Crippen LogP contribution in [0.2, 0.25) is 0 Å². The molecular weight excluding hydrogens is 250 g/mol. The van der Waals surface area contributed by atoms with Gasteiger partial charge in [0.15, 0.2) is 0 Å². The summed E-state index contributed by atoms with van der Waals surface area (Å²) in [5.74, 6) is 1.09. The summed E-state index contributed by atoms with van der Waals surface area (Å²) in [5.41, 5.74) is 0.952. The van der Waals surface area contributed by atoms with E-state index in [4.69, 9.17) is 9.84 Å². The molecule has 0 aliphatic carbocycles. The lowest BCUT2D eigenvalue weighted by atomic mass is 10.2. The number of nitrogens with one attached hydrogen (secondary N) is 1. The van der Waals surface area contributed by atoms with Crippen molar-refractivity contribution in [1.82, 2.24) is 5.32 Å². The van der Waals surface area contributed by atoms with Gasteiger partial charge in [-0.25, -0.2) is 0 Å². The van der Waals surface area contributed by atoms with Crippen molar-refractivity contribution < 1.29 is 14.6 Å². The molecule has 1 unspecified atom stereocenters. The second-order valence-electron chi connectivity index (χ2n) is 3.89. The maximum absolute atomic E-state index is 11.6. The molecule has 100 valence electrons. The third-order valence-corrected chi connectivity index (χ3v) is 3.57. The minimum Gasteiger partial charge on any atom is -0.496 e. The minimum absolute atomic E-state index is 0.0359. The van der Waals surface area contributed by atoms with Crippen molar-refractivity contribution in [3.05, 3.63) is 29.8 Å². The molecular formula is C13H19NO3S. The number of rotatable bonds is 7. The van der Waals surface area contributed by atoms with Crippen LogP contribution < -0.4 is 10.1 Å². The highest BCUT2D eigenvalue weighted by Gasteiger charge is 2.07. The first-order valence-electron chi connectivity index (χ1n) is 5.78. The second-order valence-corrected chi connectivity index (χ2v) is 5.32. The van der Waals surface area contributed by atoms with Gasteiger partial charge in [-0.3, -0.25) is 4.79 Å². The molecule has 0 spiro atoms. The van der Waals surface area contributed by atoms with Gasteiger partial charge in [-0.1, -0.05) is 25.1 Å². The quantitative estimate of drug-likeness (QED) is 0.786. The fourth-order valence-electron chi connectivity index (χ4n) is 1.36. The van der Waals surface area contributed by atoms with Crippen LogP contribution in [0, 0.1) is 0 Å². The maximum atomic E-state index is 11.6. The van der Waals surface area contributed by atoms with E-state index >= 15 is 0 Å². The van der Waals surface area contributed by atoms with Crippen molar-refractivity contribution in [2.75, 3.05) is 19.5 Å². The van der Waals surface area contributed by atoms with E-state index in [0.717, 1.165) is 11.3 Å². The Balaban J connectivity index is 2.38. The molecule has 1 atom stereocenters. The van der Waals surface area contributed by atoms with E-state index in [2.05, 4.69) is 5.32 Å². The van der Waals surface area contributed by atoms with Gasteiger partial charge in [0.05, 0.1) is 19.5 Å². The molecule has 18 heavy (non-hydrogen) atoms. The smallest absolute Gasteiger partial charge is 0.230 e. The van der Waals surface area contributed by atoms with Gasteiger partial charge in [-0.2, -0.15) is 0 Å². The molecule has 0 radical (unpaired) electrons. The van der Waals surface area contributed by atoms with Crippen molar-refractivity contribution in [3.8, 4) is 5.75 Å². The summed E-state index contributed by atoms with van der Waals surface area (Å²) in [4.78, 5) is 11.6. The zero-order valence-corrected chi connectivity index (χ0v) is 11.5. The molecule has 0 saturated carbocycles. The van der Waals surface area contributed by atoms with Gasteiger partial charge in [-0.05, 0) is 6.07 Å². The fourth-order valence-corrected chi connectivity index (χ4v) is 2.01. The van der Waals surface area contributed by atoms with E-state index in [9.17, 15) is 4.79 Å². The third kappa shape index (κ3) is 4.98. The standard InChI is InChI=1S/C13H19NO3S/c1-10(8-15)18-9-13(16)14-7-11-5-3-4-6-12(11)17-2/h3-6,10,15H,7-9H2,1-2H3,(H,14,16). The molecule has 1 amide bonds. The first-order valence-corrected chi connectivity index (χ1v) is 6.83. The van der Waals surface area contributed by atoms with Gasteiger partial charge < -0.3 is 15.2 Å². The lowest BCUT2D eigenvalue weighted by Gasteiger charge is -2.10. The Morgan fingerprint density at radius 3 is 2.89 bits per heavy atom. The van der Waals surface area contributed by atoms with Crippen molar-refractivity contribution >= 4 is 17.7 Å². The van der Waals surface area contributed by atoms with Crippen LogP contribution >= 0.6 is 11.8 Å². The predicted molar refractivity (Wildman–Crippen MR) is 73.8 cm³/mol. The number of benzene rings is 1. The zero-order valence-electron chi connectivity index (χ0n) is 10.7. The average molecular weight is 269 g/mol. The summed E-state index contributed by atoms with van der Waals surface area (Å²) < 4.78 is 5.20. The van der Waals surface area contributed by atoms with Gasteiger partial charge in [0.1, 0.15) is 5.75 Å². The Morgan fingerprint density at radius 2 is 2.22 bits per heavy atom. The van der Waals surface area contributed by atoms with E-state index < -0.39 is 0 Å². The molecule has 0 aliphatic rings. The molecule has 0 aliphatic heterocycles. The van der Waals surface area contributed by atoms with E-state index in [0.29, 0.717) is 12.3 Å². The molecule has 4 nitrogen and oxygen atoms in total. The first-order chi connectivity index (χ1) is 8.67. The largest absolute Gasteiger partial charge is 0.496 e. The number of aliphatic hydroxyl groups is 1. The summed E-state index contributed by atoms with van der Waals surface area (Å²) in [6.07, 6.45) is 0. The number of hydrogen-bond donors (Lipinski definition) is 2. The Labute approximate surface area is 112 Å². The number of hydrogen-bond acceptors (Lipinski definition) is 4. The summed E-state index contributed by atoms with van der Waals surface area (Å²) in [5, 5.41) is 11.8. The van der Waals surface area contributed by atoms with Crippen LogP contribution in [0.4, 0.5) is 0 Å². The summed E-state index contributed by atoms with van der Waals surface area (Å²) in [6, 6.07) is 7.59. The minimum atomic E-state index is -0.0359. The SMILES string of the molecule is COc1ccccc1CNC(=O)CSC(C)CO. The molecule has 0 fully saturated rings. The van der Waals surface area contributed by atoms with Crippen molar-refractivity contribution in [1.29, 1.82) is 0 Å². The van der Waals surface area contributed by atoms with Crippen LogP contribution in [0.3, 0.4) is 0 Å². The van der Waals surface area contributed by atoms with Crippen molar-refractivity contribution in [2.24, 2.45) is 0 Å². The van der Waals surface area contributed by atoms with Crippen LogP contribution in [0.1, 0.15) is 12.5 Å². The van der Waals surface area contributed by atoms with Crippen LogP contribution in [0.5, 0.6) is 5.75 Å². The normalized spacial score (nSPS) is 11.9. The fraction of sp³-hybridized carbons (Fsp3) is 0.462. The first kappa shape index (κ1) is 14.9. The Bertz CT molecular complexity index is 384. The monoisotopic (exact) mass is 269 g/mol. The Kier molecular flexibility index (Phi) is 6.60. The van der Waals surface area contributed by atoms with E-state index in [1.54, 1.807) is 7.11 Å². The summed E-state index contributed by atoms with van der Waals surface area (Å²) in [7, 11) is 1.61. The lowest BCUT2D eigenvalue weighted by molar-refractivity contribution is -0.118. The second kappa shape index (κ2) is 8.00. The van der Waals surface area contributed by atoms with Gasteiger partial charge >= 0.3 is 0 Å². The molecule has 1 aromatic rings. The highest BCUT2D eigenvalue weighted by Crippen LogP contribution is 2.16. The molecule has 2 N–H and O–H groups in total. The van der Waals surface area contributed by atoms with Gasteiger partial charge in [0.2, 0.25) is 5.91 Å². The van der Waals surface area contributed by atoms with Crippen LogP contribution in [-0.2, 0) is 11.3 Å². The number of para-hydroxylation sites is 1.